The van der Waals surface area contributed by atoms with Crippen molar-refractivity contribution >= 4 is 38.3 Å². The molecule has 1 aliphatic rings. The second-order valence-corrected chi connectivity index (χ2v) is 7.91. The van der Waals surface area contributed by atoms with Crippen molar-refractivity contribution < 1.29 is 18.7 Å². The minimum Gasteiger partial charge on any atom is -0.497 e. The van der Waals surface area contributed by atoms with Gasteiger partial charge in [0, 0.05) is 25.1 Å². The van der Waals surface area contributed by atoms with Crippen LogP contribution in [0.15, 0.2) is 36.4 Å². The van der Waals surface area contributed by atoms with E-state index in [0.29, 0.717) is 48.6 Å². The van der Waals surface area contributed by atoms with Gasteiger partial charge in [-0.2, -0.15) is 0 Å². The number of methoxy groups -OCH3 is 2. The van der Waals surface area contributed by atoms with E-state index >= 15 is 0 Å². The summed E-state index contributed by atoms with van der Waals surface area (Å²) in [6, 6.07) is 10.3. The molecule has 1 saturated heterocycles. The van der Waals surface area contributed by atoms with Gasteiger partial charge in [-0.1, -0.05) is 17.4 Å². The number of fused-ring (bicyclic) bond motifs is 1. The van der Waals surface area contributed by atoms with E-state index in [0.717, 1.165) is 9.83 Å². The summed E-state index contributed by atoms with van der Waals surface area (Å²) in [6.45, 7) is 1.42. The first-order valence-corrected chi connectivity index (χ1v) is 10.2. The molecule has 1 N–H and O–H groups in total. The van der Waals surface area contributed by atoms with Gasteiger partial charge in [-0.15, -0.1) is 0 Å². The summed E-state index contributed by atoms with van der Waals surface area (Å²) >= 11 is 1.48. The maximum atomic E-state index is 13.9. The Bertz CT molecular complexity index is 1030. The molecular weight excluding hydrogens is 393 g/mol. The van der Waals surface area contributed by atoms with E-state index in [4.69, 9.17) is 9.47 Å². The lowest BCUT2D eigenvalue weighted by atomic mass is 9.96. The average molecular weight is 415 g/mol. The number of rotatable bonds is 5. The predicted molar refractivity (Wildman–Crippen MR) is 113 cm³/mol. The summed E-state index contributed by atoms with van der Waals surface area (Å²) in [6.07, 6.45) is 1.42. The summed E-state index contributed by atoms with van der Waals surface area (Å²) in [4.78, 5) is 19.3. The van der Waals surface area contributed by atoms with Crippen molar-refractivity contribution in [2.24, 2.45) is 5.92 Å². The van der Waals surface area contributed by atoms with E-state index in [1.54, 1.807) is 38.5 Å². The lowest BCUT2D eigenvalue weighted by molar-refractivity contribution is -0.120. The molecule has 152 valence electrons. The number of aromatic nitrogens is 1. The second kappa shape index (κ2) is 8.24. The molecule has 3 aromatic rings. The highest BCUT2D eigenvalue weighted by Crippen LogP contribution is 2.34. The fourth-order valence-corrected chi connectivity index (χ4v) is 4.54. The standard InChI is InChI=1S/C21H22FN3O3S/c1-27-14-6-7-16(17(12-14)28-2)23-20(26)13-8-10-25(11-9-13)21-24-19-15(22)4-3-5-18(19)29-21/h3-7,12-13H,8-11H2,1-2H3,(H,23,26). The monoisotopic (exact) mass is 415 g/mol. The number of para-hydroxylation sites is 1. The normalized spacial score (nSPS) is 14.8. The lowest BCUT2D eigenvalue weighted by Gasteiger charge is -2.31. The van der Waals surface area contributed by atoms with Crippen molar-refractivity contribution in [1.82, 2.24) is 4.98 Å². The van der Waals surface area contributed by atoms with E-state index in [1.807, 2.05) is 6.07 Å². The molecule has 0 atom stereocenters. The minimum atomic E-state index is -0.298. The third-order valence-corrected chi connectivity index (χ3v) is 6.24. The third-order valence-electron chi connectivity index (χ3n) is 5.16. The SMILES string of the molecule is COc1ccc(NC(=O)C2CCN(c3nc4c(F)cccc4s3)CC2)c(OC)c1. The number of thiazole rings is 1. The summed E-state index contributed by atoms with van der Waals surface area (Å²) in [5.74, 6) is 0.812. The van der Waals surface area contributed by atoms with Crippen LogP contribution in [0.1, 0.15) is 12.8 Å². The summed E-state index contributed by atoms with van der Waals surface area (Å²) < 4.78 is 25.3. The number of carbonyl (C=O) groups is 1. The number of nitrogens with one attached hydrogen (secondary N) is 1. The molecule has 4 rings (SSSR count). The van der Waals surface area contributed by atoms with Gasteiger partial charge in [-0.05, 0) is 37.1 Å². The number of nitrogens with zero attached hydrogens (tertiary/aromatic N) is 2. The molecule has 2 heterocycles. The fourth-order valence-electron chi connectivity index (χ4n) is 3.51. The van der Waals surface area contributed by atoms with Crippen molar-refractivity contribution in [2.75, 3.05) is 37.5 Å². The first-order valence-electron chi connectivity index (χ1n) is 9.42. The zero-order chi connectivity index (χ0) is 20.4. The molecule has 0 aliphatic carbocycles. The van der Waals surface area contributed by atoms with Gasteiger partial charge in [-0.25, -0.2) is 9.37 Å². The molecule has 1 aliphatic heterocycles. The maximum absolute atomic E-state index is 13.9. The summed E-state index contributed by atoms with van der Waals surface area (Å²) in [5, 5.41) is 3.77. The molecule has 8 heteroatoms. The van der Waals surface area contributed by atoms with E-state index in [2.05, 4.69) is 15.2 Å². The zero-order valence-corrected chi connectivity index (χ0v) is 17.1. The second-order valence-electron chi connectivity index (χ2n) is 6.90. The van der Waals surface area contributed by atoms with Crippen LogP contribution in [0.3, 0.4) is 0 Å². The Labute approximate surface area is 172 Å². The zero-order valence-electron chi connectivity index (χ0n) is 16.3. The van der Waals surface area contributed by atoms with Crippen molar-refractivity contribution in [3.63, 3.8) is 0 Å². The van der Waals surface area contributed by atoms with Crippen LogP contribution in [-0.2, 0) is 4.79 Å². The van der Waals surface area contributed by atoms with Gasteiger partial charge >= 0.3 is 0 Å². The van der Waals surface area contributed by atoms with Crippen LogP contribution in [0.2, 0.25) is 0 Å². The summed E-state index contributed by atoms with van der Waals surface area (Å²) in [5.41, 5.74) is 1.04. The number of hydrogen-bond donors (Lipinski definition) is 1. The van der Waals surface area contributed by atoms with Gasteiger partial charge in [-0.3, -0.25) is 4.79 Å². The Morgan fingerprint density at radius 2 is 2.00 bits per heavy atom. The Kier molecular flexibility index (Phi) is 5.53. The van der Waals surface area contributed by atoms with Gasteiger partial charge in [0.1, 0.15) is 22.8 Å². The topological polar surface area (TPSA) is 63.7 Å². The number of amides is 1. The number of benzene rings is 2. The van der Waals surface area contributed by atoms with Gasteiger partial charge < -0.3 is 19.7 Å². The average Bonchev–Trinajstić information content (AvgIpc) is 3.20. The molecule has 0 radical (unpaired) electrons. The molecule has 0 spiro atoms. The van der Waals surface area contributed by atoms with E-state index in [1.165, 1.54) is 17.4 Å². The fraction of sp³-hybridized carbons (Fsp3) is 0.333. The third kappa shape index (κ3) is 3.98. The highest BCUT2D eigenvalue weighted by atomic mass is 32.1. The highest BCUT2D eigenvalue weighted by Gasteiger charge is 2.27. The number of piperidine rings is 1. The molecule has 1 amide bonds. The quantitative estimate of drug-likeness (QED) is 0.673. The van der Waals surface area contributed by atoms with E-state index in [9.17, 15) is 9.18 Å². The molecular formula is C21H22FN3O3S. The predicted octanol–water partition coefficient (Wildman–Crippen LogP) is 4.31. The lowest BCUT2D eigenvalue weighted by Crippen LogP contribution is -2.38. The number of carbonyl (C=O) groups excluding carboxylic acids is 1. The molecule has 6 nitrogen and oxygen atoms in total. The molecule has 2 aromatic carbocycles. The van der Waals surface area contributed by atoms with Gasteiger partial charge in [0.25, 0.3) is 0 Å². The van der Waals surface area contributed by atoms with Crippen molar-refractivity contribution in [1.29, 1.82) is 0 Å². The number of hydrogen-bond acceptors (Lipinski definition) is 6. The minimum absolute atomic E-state index is 0.0246. The largest absolute Gasteiger partial charge is 0.497 e. The first kappa shape index (κ1) is 19.4. The van der Waals surface area contributed by atoms with Gasteiger partial charge in [0.05, 0.1) is 24.6 Å². The van der Waals surface area contributed by atoms with Gasteiger partial charge in [0.2, 0.25) is 5.91 Å². The van der Waals surface area contributed by atoms with Crippen LogP contribution in [-0.4, -0.2) is 38.2 Å². The molecule has 0 unspecified atom stereocenters. The Morgan fingerprint density at radius 3 is 2.69 bits per heavy atom. The van der Waals surface area contributed by atoms with Crippen molar-refractivity contribution in [2.45, 2.75) is 12.8 Å². The Hall–Kier alpha value is -2.87. The Balaban J connectivity index is 1.40. The molecule has 1 fully saturated rings. The van der Waals surface area contributed by atoms with Crippen LogP contribution in [0.4, 0.5) is 15.2 Å². The van der Waals surface area contributed by atoms with Crippen molar-refractivity contribution in [3.05, 3.63) is 42.2 Å². The van der Waals surface area contributed by atoms with Crippen LogP contribution in [0, 0.1) is 11.7 Å². The van der Waals surface area contributed by atoms with Crippen molar-refractivity contribution in [3.8, 4) is 11.5 Å². The number of ether oxygens (including phenoxy) is 2. The van der Waals surface area contributed by atoms with Crippen LogP contribution in [0.5, 0.6) is 11.5 Å². The first-order chi connectivity index (χ1) is 14.1. The smallest absolute Gasteiger partial charge is 0.227 e. The van der Waals surface area contributed by atoms with Gasteiger partial charge in [0.15, 0.2) is 5.13 Å². The molecule has 0 saturated carbocycles. The highest BCUT2D eigenvalue weighted by molar-refractivity contribution is 7.22. The van der Waals surface area contributed by atoms with Crippen LogP contribution >= 0.6 is 11.3 Å². The maximum Gasteiger partial charge on any atom is 0.227 e. The number of anilines is 2. The van der Waals surface area contributed by atoms with E-state index < -0.39 is 0 Å². The number of halogens is 1. The van der Waals surface area contributed by atoms with Crippen LogP contribution < -0.4 is 19.7 Å². The summed E-state index contributed by atoms with van der Waals surface area (Å²) in [7, 11) is 3.14. The molecule has 1 aromatic heterocycles. The van der Waals surface area contributed by atoms with Crippen LogP contribution in [0.25, 0.3) is 10.2 Å². The molecule has 0 bridgehead atoms. The molecule has 29 heavy (non-hydrogen) atoms. The Morgan fingerprint density at radius 1 is 1.21 bits per heavy atom. The van der Waals surface area contributed by atoms with E-state index in [-0.39, 0.29) is 17.6 Å².